The number of ether oxygens (including phenoxy) is 2. The summed E-state index contributed by atoms with van der Waals surface area (Å²) in [7, 11) is 0. The van der Waals surface area contributed by atoms with Crippen molar-refractivity contribution in [3.05, 3.63) is 23.8 Å². The predicted molar refractivity (Wildman–Crippen MR) is 75.9 cm³/mol. The zero-order chi connectivity index (χ0) is 13.9. The number of hydrogen-bond donors (Lipinski definition) is 0. The Hall–Kier alpha value is -1.71. The second-order valence-corrected chi connectivity index (χ2v) is 5.71. The van der Waals surface area contributed by atoms with Crippen LogP contribution in [0.3, 0.4) is 0 Å². The Morgan fingerprint density at radius 3 is 2.90 bits per heavy atom. The van der Waals surface area contributed by atoms with E-state index in [1.807, 2.05) is 23.1 Å². The van der Waals surface area contributed by atoms with Crippen molar-refractivity contribution in [2.75, 3.05) is 19.9 Å². The molecule has 1 amide bonds. The number of amides is 1. The van der Waals surface area contributed by atoms with Crippen LogP contribution in [0.2, 0.25) is 0 Å². The average molecular weight is 275 g/mol. The topological polar surface area (TPSA) is 38.8 Å². The van der Waals surface area contributed by atoms with Gasteiger partial charge in [0.05, 0.1) is 0 Å². The predicted octanol–water partition coefficient (Wildman–Crippen LogP) is 2.61. The van der Waals surface area contributed by atoms with Crippen molar-refractivity contribution in [2.24, 2.45) is 5.92 Å². The van der Waals surface area contributed by atoms with Gasteiger partial charge in [0.1, 0.15) is 0 Å². The monoisotopic (exact) mass is 275 g/mol. The number of nitrogens with zero attached hydrogens (tertiary/aromatic N) is 1. The third-order valence-corrected chi connectivity index (χ3v) is 4.22. The first kappa shape index (κ1) is 13.3. The first-order chi connectivity index (χ1) is 9.74. The Balaban J connectivity index is 1.57. The van der Waals surface area contributed by atoms with Crippen LogP contribution in [-0.4, -0.2) is 30.7 Å². The van der Waals surface area contributed by atoms with Crippen molar-refractivity contribution in [2.45, 2.75) is 32.6 Å². The van der Waals surface area contributed by atoms with Crippen molar-refractivity contribution in [1.29, 1.82) is 0 Å². The maximum absolute atomic E-state index is 12.2. The van der Waals surface area contributed by atoms with E-state index < -0.39 is 0 Å². The summed E-state index contributed by atoms with van der Waals surface area (Å²) in [6.45, 7) is 4.36. The number of rotatable bonds is 3. The maximum Gasteiger partial charge on any atom is 0.231 e. The molecule has 1 fully saturated rings. The zero-order valence-electron chi connectivity index (χ0n) is 11.9. The molecule has 0 aromatic heterocycles. The molecule has 2 heterocycles. The van der Waals surface area contributed by atoms with E-state index in [0.717, 1.165) is 55.3 Å². The van der Waals surface area contributed by atoms with Gasteiger partial charge in [-0.15, -0.1) is 0 Å². The number of carbonyl (C=O) groups excluding carboxylic acids is 1. The second kappa shape index (κ2) is 5.73. The number of para-hydroxylation sites is 1. The smallest absolute Gasteiger partial charge is 0.231 e. The van der Waals surface area contributed by atoms with E-state index in [1.54, 1.807) is 0 Å². The number of piperidine rings is 1. The SMILES string of the molecule is CC1CCN(C(=O)CCc2cccc3c2OCO3)CC1. The average Bonchev–Trinajstić information content (AvgIpc) is 2.94. The highest BCUT2D eigenvalue weighted by Crippen LogP contribution is 2.35. The fourth-order valence-corrected chi connectivity index (χ4v) is 2.85. The minimum Gasteiger partial charge on any atom is -0.454 e. The minimum atomic E-state index is 0.258. The van der Waals surface area contributed by atoms with E-state index in [-0.39, 0.29) is 12.7 Å². The molecule has 1 aromatic carbocycles. The Labute approximate surface area is 119 Å². The van der Waals surface area contributed by atoms with Gasteiger partial charge < -0.3 is 14.4 Å². The van der Waals surface area contributed by atoms with Gasteiger partial charge in [-0.2, -0.15) is 0 Å². The van der Waals surface area contributed by atoms with Gasteiger partial charge in [0.15, 0.2) is 11.5 Å². The number of benzene rings is 1. The molecular weight excluding hydrogens is 254 g/mol. The lowest BCUT2D eigenvalue weighted by Crippen LogP contribution is -2.38. The van der Waals surface area contributed by atoms with Gasteiger partial charge >= 0.3 is 0 Å². The molecule has 0 radical (unpaired) electrons. The Morgan fingerprint density at radius 1 is 1.30 bits per heavy atom. The fourth-order valence-electron chi connectivity index (χ4n) is 2.85. The number of likely N-dealkylation sites (tertiary alicyclic amines) is 1. The molecule has 0 atom stereocenters. The van der Waals surface area contributed by atoms with Gasteiger partial charge in [0.25, 0.3) is 0 Å². The standard InChI is InChI=1S/C16H21NO3/c1-12-7-9-17(10-8-12)15(18)6-5-13-3-2-4-14-16(13)20-11-19-14/h2-4,12H,5-11H2,1H3. The summed E-state index contributed by atoms with van der Waals surface area (Å²) in [6.07, 6.45) is 3.53. The molecule has 2 aliphatic rings. The van der Waals surface area contributed by atoms with Crippen LogP contribution in [0.25, 0.3) is 0 Å². The molecule has 0 aliphatic carbocycles. The summed E-state index contributed by atoms with van der Waals surface area (Å²) in [5, 5.41) is 0. The molecule has 0 spiro atoms. The van der Waals surface area contributed by atoms with Crippen LogP contribution < -0.4 is 9.47 Å². The van der Waals surface area contributed by atoms with E-state index in [4.69, 9.17) is 9.47 Å². The Kier molecular flexibility index (Phi) is 3.81. The molecule has 3 rings (SSSR count). The summed E-state index contributed by atoms with van der Waals surface area (Å²) >= 11 is 0. The minimum absolute atomic E-state index is 0.258. The van der Waals surface area contributed by atoms with Crippen molar-refractivity contribution in [3.8, 4) is 11.5 Å². The summed E-state index contributed by atoms with van der Waals surface area (Å²) in [5.74, 6) is 2.62. The van der Waals surface area contributed by atoms with Gasteiger partial charge in [-0.05, 0) is 36.8 Å². The van der Waals surface area contributed by atoms with Gasteiger partial charge in [0, 0.05) is 19.5 Å². The number of hydrogen-bond acceptors (Lipinski definition) is 3. The van der Waals surface area contributed by atoms with E-state index in [9.17, 15) is 4.79 Å². The van der Waals surface area contributed by atoms with E-state index in [0.29, 0.717) is 6.42 Å². The largest absolute Gasteiger partial charge is 0.454 e. The molecule has 0 N–H and O–H groups in total. The van der Waals surface area contributed by atoms with Crippen LogP contribution in [0.5, 0.6) is 11.5 Å². The van der Waals surface area contributed by atoms with Crippen LogP contribution in [0, 0.1) is 5.92 Å². The zero-order valence-corrected chi connectivity index (χ0v) is 11.9. The summed E-state index contributed by atoms with van der Waals surface area (Å²) in [5.41, 5.74) is 1.07. The first-order valence-electron chi connectivity index (χ1n) is 7.39. The summed E-state index contributed by atoms with van der Waals surface area (Å²) in [6, 6.07) is 5.87. The summed E-state index contributed by atoms with van der Waals surface area (Å²) in [4.78, 5) is 14.2. The fraction of sp³-hybridized carbons (Fsp3) is 0.562. The molecule has 0 bridgehead atoms. The molecule has 0 saturated carbocycles. The third-order valence-electron chi connectivity index (χ3n) is 4.22. The Bertz CT molecular complexity index is 492. The van der Waals surface area contributed by atoms with Crippen LogP contribution >= 0.6 is 0 Å². The normalized spacial score (nSPS) is 18.4. The van der Waals surface area contributed by atoms with Gasteiger partial charge in [-0.1, -0.05) is 19.1 Å². The highest BCUT2D eigenvalue weighted by Gasteiger charge is 2.22. The molecule has 1 saturated heterocycles. The molecule has 1 aromatic rings. The highest BCUT2D eigenvalue weighted by atomic mass is 16.7. The maximum atomic E-state index is 12.2. The van der Waals surface area contributed by atoms with E-state index >= 15 is 0 Å². The molecule has 108 valence electrons. The quantitative estimate of drug-likeness (QED) is 0.851. The van der Waals surface area contributed by atoms with Crippen LogP contribution in [-0.2, 0) is 11.2 Å². The van der Waals surface area contributed by atoms with Crippen molar-refractivity contribution >= 4 is 5.91 Å². The molecule has 20 heavy (non-hydrogen) atoms. The molecule has 4 nitrogen and oxygen atoms in total. The van der Waals surface area contributed by atoms with Crippen LogP contribution in [0.4, 0.5) is 0 Å². The number of fused-ring (bicyclic) bond motifs is 1. The van der Waals surface area contributed by atoms with Crippen molar-refractivity contribution in [3.63, 3.8) is 0 Å². The highest BCUT2D eigenvalue weighted by molar-refractivity contribution is 5.76. The van der Waals surface area contributed by atoms with Crippen molar-refractivity contribution in [1.82, 2.24) is 4.90 Å². The second-order valence-electron chi connectivity index (χ2n) is 5.71. The van der Waals surface area contributed by atoms with Crippen molar-refractivity contribution < 1.29 is 14.3 Å². The number of aryl methyl sites for hydroxylation is 1. The lowest BCUT2D eigenvalue weighted by Gasteiger charge is -2.30. The van der Waals surface area contributed by atoms with Gasteiger partial charge in [0.2, 0.25) is 12.7 Å². The Morgan fingerprint density at radius 2 is 2.10 bits per heavy atom. The van der Waals surface area contributed by atoms with Crippen LogP contribution in [0.15, 0.2) is 18.2 Å². The van der Waals surface area contributed by atoms with E-state index in [2.05, 4.69) is 6.92 Å². The molecule has 0 unspecified atom stereocenters. The van der Waals surface area contributed by atoms with Gasteiger partial charge in [-0.3, -0.25) is 4.79 Å². The molecule has 2 aliphatic heterocycles. The lowest BCUT2D eigenvalue weighted by atomic mass is 9.98. The molecule has 4 heteroatoms. The summed E-state index contributed by atoms with van der Waals surface area (Å²) < 4.78 is 10.8. The first-order valence-corrected chi connectivity index (χ1v) is 7.39. The van der Waals surface area contributed by atoms with E-state index in [1.165, 1.54) is 0 Å². The lowest BCUT2D eigenvalue weighted by molar-refractivity contribution is -0.132. The van der Waals surface area contributed by atoms with Crippen LogP contribution in [0.1, 0.15) is 31.7 Å². The van der Waals surface area contributed by atoms with Gasteiger partial charge in [-0.25, -0.2) is 0 Å². The third kappa shape index (κ3) is 2.74. The number of carbonyl (C=O) groups is 1. The molecular formula is C16H21NO3.